The Morgan fingerprint density at radius 1 is 1.38 bits per heavy atom. The molecular formula is C26H25F4N5OS. The fraction of sp³-hybridized carbons (Fsp3) is 0.346. The molecule has 37 heavy (non-hydrogen) atoms. The maximum atomic E-state index is 15.3. The second kappa shape index (κ2) is 10.9. The molecule has 2 aromatic rings. The molecule has 1 aromatic heterocycles. The molecule has 2 aliphatic rings. The number of amides is 1. The molecule has 2 aliphatic heterocycles. The SMILES string of the molecule is CCN=CC(=C(N)C(F)(F)F)c1c(F)cccc1[C@@H]1CN(C(=O)/C=C/[C@H]2CCN2)Cc2sc(C#N)cc21. The molecule has 0 aliphatic carbocycles. The van der Waals surface area contributed by atoms with Crippen molar-refractivity contribution in [2.24, 2.45) is 10.7 Å². The number of benzene rings is 1. The zero-order valence-corrected chi connectivity index (χ0v) is 20.8. The van der Waals surface area contributed by atoms with Crippen molar-refractivity contribution in [2.75, 3.05) is 19.6 Å². The predicted molar refractivity (Wildman–Crippen MR) is 134 cm³/mol. The van der Waals surface area contributed by atoms with Crippen molar-refractivity contribution in [1.29, 1.82) is 5.26 Å². The van der Waals surface area contributed by atoms with Gasteiger partial charge in [-0.2, -0.15) is 18.4 Å². The lowest BCUT2D eigenvalue weighted by molar-refractivity contribution is -0.127. The van der Waals surface area contributed by atoms with E-state index in [-0.39, 0.29) is 42.7 Å². The number of allylic oxidation sites excluding steroid dienone is 2. The van der Waals surface area contributed by atoms with E-state index in [1.54, 1.807) is 24.0 Å². The number of rotatable bonds is 6. The number of carbonyl (C=O) groups excluding carboxylic acids is 1. The van der Waals surface area contributed by atoms with Crippen molar-refractivity contribution < 1.29 is 22.4 Å². The number of nitrogens with zero attached hydrogens (tertiary/aromatic N) is 3. The van der Waals surface area contributed by atoms with Gasteiger partial charge in [-0.3, -0.25) is 9.79 Å². The van der Waals surface area contributed by atoms with E-state index in [4.69, 9.17) is 5.73 Å². The summed E-state index contributed by atoms with van der Waals surface area (Å²) in [4.78, 5) is 19.7. The minimum absolute atomic E-state index is 0.0937. The summed E-state index contributed by atoms with van der Waals surface area (Å²) in [5.41, 5.74) is 4.06. The van der Waals surface area contributed by atoms with E-state index in [0.29, 0.717) is 10.4 Å². The number of hydrogen-bond acceptors (Lipinski definition) is 6. The van der Waals surface area contributed by atoms with Gasteiger partial charge < -0.3 is 16.0 Å². The Bertz CT molecular complexity index is 1320. The number of nitrogens with one attached hydrogen (secondary N) is 1. The lowest BCUT2D eigenvalue weighted by Gasteiger charge is -2.34. The van der Waals surface area contributed by atoms with Crippen LogP contribution in [0.15, 0.2) is 47.1 Å². The van der Waals surface area contributed by atoms with Crippen LogP contribution in [0.25, 0.3) is 5.57 Å². The number of hydrogen-bond donors (Lipinski definition) is 2. The summed E-state index contributed by atoms with van der Waals surface area (Å²) in [5.74, 6) is -1.84. The molecule has 0 saturated carbocycles. The summed E-state index contributed by atoms with van der Waals surface area (Å²) in [6.07, 6.45) is 0.218. The van der Waals surface area contributed by atoms with Gasteiger partial charge in [0.2, 0.25) is 5.91 Å². The van der Waals surface area contributed by atoms with E-state index >= 15 is 4.39 Å². The fourth-order valence-corrected chi connectivity index (χ4v) is 5.44. The summed E-state index contributed by atoms with van der Waals surface area (Å²) < 4.78 is 56.4. The number of carbonyl (C=O) groups is 1. The standard InChI is InChI=1S/C26H25F4N5OS/c1-2-33-12-19(25(32)26(28,29)30)24-17(4-3-5-21(24)27)20-13-35(23(36)7-6-15-8-9-34-15)14-22-18(20)10-16(11-31)37-22/h3-7,10,12,15,20,34H,2,8-9,13-14,32H2,1H3/b7-6+,25-19?,33-12?/t15-,20-/m0/s1. The van der Waals surface area contributed by atoms with Gasteiger partial charge in [0.25, 0.3) is 0 Å². The van der Waals surface area contributed by atoms with Gasteiger partial charge in [-0.05, 0) is 43.1 Å². The molecular weight excluding hydrogens is 506 g/mol. The van der Waals surface area contributed by atoms with Crippen LogP contribution in [0.1, 0.15) is 45.7 Å². The molecule has 1 aromatic carbocycles. The molecule has 3 N–H and O–H groups in total. The lowest BCUT2D eigenvalue weighted by atomic mass is 9.83. The Kier molecular flexibility index (Phi) is 7.80. The van der Waals surface area contributed by atoms with E-state index in [1.165, 1.54) is 29.5 Å². The Morgan fingerprint density at radius 2 is 2.14 bits per heavy atom. The molecule has 2 atom stereocenters. The molecule has 194 valence electrons. The second-order valence-corrected chi connectivity index (χ2v) is 9.87. The molecule has 4 rings (SSSR count). The maximum Gasteiger partial charge on any atom is 0.431 e. The topological polar surface area (TPSA) is 94.5 Å². The van der Waals surface area contributed by atoms with Gasteiger partial charge in [0, 0.05) is 53.4 Å². The van der Waals surface area contributed by atoms with Gasteiger partial charge in [0.15, 0.2) is 0 Å². The zero-order valence-electron chi connectivity index (χ0n) is 20.0. The van der Waals surface area contributed by atoms with Gasteiger partial charge >= 0.3 is 6.18 Å². The highest BCUT2D eigenvalue weighted by Crippen LogP contribution is 2.42. The maximum absolute atomic E-state index is 15.3. The van der Waals surface area contributed by atoms with Crippen LogP contribution in [0, 0.1) is 17.1 Å². The molecule has 1 fully saturated rings. The first-order valence-electron chi connectivity index (χ1n) is 11.7. The zero-order chi connectivity index (χ0) is 26.7. The fourth-order valence-electron chi connectivity index (χ4n) is 4.41. The van der Waals surface area contributed by atoms with E-state index in [0.717, 1.165) is 30.1 Å². The van der Waals surface area contributed by atoms with Crippen LogP contribution < -0.4 is 11.1 Å². The van der Waals surface area contributed by atoms with Crippen LogP contribution in [0.3, 0.4) is 0 Å². The molecule has 1 amide bonds. The highest BCUT2D eigenvalue weighted by atomic mass is 32.1. The Hall–Kier alpha value is -3.49. The third-order valence-corrected chi connectivity index (χ3v) is 7.44. The number of halogens is 4. The number of thiophene rings is 1. The van der Waals surface area contributed by atoms with Crippen LogP contribution in [0.4, 0.5) is 17.6 Å². The minimum atomic E-state index is -4.91. The summed E-state index contributed by atoms with van der Waals surface area (Å²) in [6, 6.07) is 7.88. The van der Waals surface area contributed by atoms with E-state index in [9.17, 15) is 23.2 Å². The van der Waals surface area contributed by atoms with Crippen LogP contribution >= 0.6 is 11.3 Å². The van der Waals surface area contributed by atoms with Crippen molar-refractivity contribution in [1.82, 2.24) is 10.2 Å². The highest BCUT2D eigenvalue weighted by molar-refractivity contribution is 7.12. The average Bonchev–Trinajstić information content (AvgIpc) is 3.26. The van der Waals surface area contributed by atoms with Gasteiger partial charge in [-0.1, -0.05) is 18.2 Å². The summed E-state index contributed by atoms with van der Waals surface area (Å²) in [5, 5.41) is 12.7. The van der Waals surface area contributed by atoms with Crippen molar-refractivity contribution in [3.8, 4) is 6.07 Å². The van der Waals surface area contributed by atoms with Gasteiger partial charge in [0.1, 0.15) is 22.5 Å². The van der Waals surface area contributed by atoms with Gasteiger partial charge in [-0.25, -0.2) is 4.39 Å². The Morgan fingerprint density at radius 3 is 2.76 bits per heavy atom. The van der Waals surface area contributed by atoms with E-state index in [1.807, 2.05) is 0 Å². The van der Waals surface area contributed by atoms with E-state index in [2.05, 4.69) is 16.4 Å². The van der Waals surface area contributed by atoms with Crippen molar-refractivity contribution in [3.63, 3.8) is 0 Å². The van der Waals surface area contributed by atoms with Gasteiger partial charge in [-0.15, -0.1) is 11.3 Å². The van der Waals surface area contributed by atoms with Crippen LogP contribution in [-0.2, 0) is 11.3 Å². The first-order valence-corrected chi connectivity index (χ1v) is 12.5. The third-order valence-electron chi connectivity index (χ3n) is 6.40. The smallest absolute Gasteiger partial charge is 0.394 e. The van der Waals surface area contributed by atoms with Crippen molar-refractivity contribution in [3.05, 3.63) is 74.4 Å². The molecule has 1 saturated heterocycles. The number of nitrogens with two attached hydrogens (primary N) is 1. The molecule has 0 radical (unpaired) electrons. The van der Waals surface area contributed by atoms with Gasteiger partial charge in [0.05, 0.1) is 6.54 Å². The predicted octanol–water partition coefficient (Wildman–Crippen LogP) is 4.47. The monoisotopic (exact) mass is 531 g/mol. The van der Waals surface area contributed by atoms with Crippen molar-refractivity contribution >= 4 is 29.0 Å². The first kappa shape index (κ1) is 26.6. The number of fused-ring (bicyclic) bond motifs is 1. The number of alkyl halides is 3. The van der Waals surface area contributed by atoms with Crippen molar-refractivity contribution in [2.45, 2.75) is 38.0 Å². The highest BCUT2D eigenvalue weighted by Gasteiger charge is 2.38. The Labute approximate surface area is 215 Å². The van der Waals surface area contributed by atoms with Crippen LogP contribution in [0.5, 0.6) is 0 Å². The largest absolute Gasteiger partial charge is 0.431 e. The quantitative estimate of drug-likeness (QED) is 0.327. The third kappa shape index (κ3) is 5.60. The average molecular weight is 532 g/mol. The normalized spacial score (nSPS) is 20.5. The molecule has 0 bridgehead atoms. The molecule has 0 unspecified atom stereocenters. The van der Waals surface area contributed by atoms with Crippen LogP contribution in [0.2, 0.25) is 0 Å². The summed E-state index contributed by atoms with van der Waals surface area (Å²) in [7, 11) is 0. The van der Waals surface area contributed by atoms with E-state index < -0.39 is 29.2 Å². The molecule has 3 heterocycles. The molecule has 6 nitrogen and oxygen atoms in total. The second-order valence-electron chi connectivity index (χ2n) is 8.74. The lowest BCUT2D eigenvalue weighted by Crippen LogP contribution is -2.42. The molecule has 11 heteroatoms. The minimum Gasteiger partial charge on any atom is -0.394 e. The number of aliphatic imine (C=N–C) groups is 1. The van der Waals surface area contributed by atoms with Crippen LogP contribution in [-0.4, -0.2) is 48.9 Å². The first-order chi connectivity index (χ1) is 17.6. The summed E-state index contributed by atoms with van der Waals surface area (Å²) >= 11 is 1.21. The Balaban J connectivity index is 1.85. The summed E-state index contributed by atoms with van der Waals surface area (Å²) in [6.45, 7) is 3.03. The molecule has 0 spiro atoms. The number of nitriles is 1.